The Morgan fingerprint density at radius 2 is 2.00 bits per heavy atom. The van der Waals surface area contributed by atoms with Gasteiger partial charge >= 0.3 is 0 Å². The first-order chi connectivity index (χ1) is 5.74. The van der Waals surface area contributed by atoms with E-state index in [0.717, 1.165) is 25.9 Å². The lowest BCUT2D eigenvalue weighted by molar-refractivity contribution is 0.129. The quantitative estimate of drug-likeness (QED) is 0.633. The molecule has 1 fully saturated rings. The summed E-state index contributed by atoms with van der Waals surface area (Å²) in [5.41, 5.74) is 0. The van der Waals surface area contributed by atoms with Crippen LogP contribution in [0.3, 0.4) is 0 Å². The summed E-state index contributed by atoms with van der Waals surface area (Å²) in [5.74, 6) is 0.332. The molecule has 0 aromatic rings. The Bertz CT molecular complexity index is 117. The van der Waals surface area contributed by atoms with E-state index in [9.17, 15) is 4.39 Å². The maximum Gasteiger partial charge on any atom is 0.100 e. The average molecular weight is 173 g/mol. The summed E-state index contributed by atoms with van der Waals surface area (Å²) in [7, 11) is 0. The zero-order chi connectivity index (χ0) is 8.97. The van der Waals surface area contributed by atoms with Crippen LogP contribution in [0.1, 0.15) is 33.1 Å². The third-order valence-corrected chi connectivity index (χ3v) is 2.82. The molecule has 1 unspecified atom stereocenters. The first kappa shape index (κ1) is 9.97. The molecule has 1 aliphatic rings. The van der Waals surface area contributed by atoms with Gasteiger partial charge < -0.3 is 4.90 Å². The van der Waals surface area contributed by atoms with Crippen molar-refractivity contribution in [3.05, 3.63) is 0 Å². The lowest BCUT2D eigenvalue weighted by Crippen LogP contribution is -2.36. The Kier molecular flexibility index (Phi) is 3.99. The van der Waals surface area contributed by atoms with Crippen molar-refractivity contribution >= 4 is 0 Å². The first-order valence-corrected chi connectivity index (χ1v) is 5.10. The lowest BCUT2D eigenvalue weighted by atomic mass is 9.93. The van der Waals surface area contributed by atoms with E-state index in [1.165, 1.54) is 13.0 Å². The highest BCUT2D eigenvalue weighted by Gasteiger charge is 2.22. The van der Waals surface area contributed by atoms with Crippen LogP contribution in [0.4, 0.5) is 4.39 Å². The summed E-state index contributed by atoms with van der Waals surface area (Å²) in [6, 6.07) is 0. The van der Waals surface area contributed by atoms with E-state index in [1.807, 2.05) is 0 Å². The summed E-state index contributed by atoms with van der Waals surface area (Å²) < 4.78 is 12.9. The van der Waals surface area contributed by atoms with E-state index in [0.29, 0.717) is 5.92 Å². The third kappa shape index (κ3) is 2.74. The SMILES string of the molecule is CCCN1CCC(C(C)F)CC1. The molecule has 0 radical (unpaired) electrons. The molecule has 1 rings (SSSR count). The van der Waals surface area contributed by atoms with Crippen LogP contribution < -0.4 is 0 Å². The van der Waals surface area contributed by atoms with Crippen molar-refractivity contribution in [2.45, 2.75) is 39.3 Å². The van der Waals surface area contributed by atoms with Crippen molar-refractivity contribution in [3.8, 4) is 0 Å². The van der Waals surface area contributed by atoms with E-state index in [1.54, 1.807) is 6.92 Å². The van der Waals surface area contributed by atoms with Gasteiger partial charge in [0.15, 0.2) is 0 Å². The van der Waals surface area contributed by atoms with Crippen LogP contribution in [0, 0.1) is 5.92 Å². The summed E-state index contributed by atoms with van der Waals surface area (Å²) in [5, 5.41) is 0. The molecule has 1 heterocycles. The molecule has 0 saturated carbocycles. The van der Waals surface area contributed by atoms with E-state index in [2.05, 4.69) is 11.8 Å². The first-order valence-electron chi connectivity index (χ1n) is 5.10. The third-order valence-electron chi connectivity index (χ3n) is 2.82. The number of hydrogen-bond acceptors (Lipinski definition) is 1. The summed E-state index contributed by atoms with van der Waals surface area (Å²) in [4.78, 5) is 2.44. The Morgan fingerprint density at radius 3 is 2.42 bits per heavy atom. The second-order valence-electron chi connectivity index (χ2n) is 3.86. The summed E-state index contributed by atoms with van der Waals surface area (Å²) in [6.45, 7) is 7.29. The summed E-state index contributed by atoms with van der Waals surface area (Å²) in [6.07, 6.45) is 2.72. The number of nitrogens with zero attached hydrogens (tertiary/aromatic N) is 1. The van der Waals surface area contributed by atoms with E-state index in [-0.39, 0.29) is 0 Å². The number of rotatable bonds is 3. The number of likely N-dealkylation sites (tertiary alicyclic amines) is 1. The van der Waals surface area contributed by atoms with Crippen molar-refractivity contribution in [1.82, 2.24) is 4.90 Å². The Hall–Kier alpha value is -0.110. The molecule has 1 atom stereocenters. The van der Waals surface area contributed by atoms with Crippen molar-refractivity contribution in [2.24, 2.45) is 5.92 Å². The highest BCUT2D eigenvalue weighted by atomic mass is 19.1. The van der Waals surface area contributed by atoms with Gasteiger partial charge in [-0.2, -0.15) is 0 Å². The lowest BCUT2D eigenvalue weighted by Gasteiger charge is -2.32. The van der Waals surface area contributed by atoms with Gasteiger partial charge in [0.25, 0.3) is 0 Å². The molecule has 0 aliphatic carbocycles. The zero-order valence-electron chi connectivity index (χ0n) is 8.22. The monoisotopic (exact) mass is 173 g/mol. The van der Waals surface area contributed by atoms with Gasteiger partial charge in [0.05, 0.1) is 0 Å². The molecule has 0 aromatic heterocycles. The topological polar surface area (TPSA) is 3.24 Å². The molecule has 72 valence electrons. The molecule has 0 spiro atoms. The predicted molar refractivity (Wildman–Crippen MR) is 50.0 cm³/mol. The smallest absolute Gasteiger partial charge is 0.100 e. The van der Waals surface area contributed by atoms with Crippen molar-refractivity contribution < 1.29 is 4.39 Å². The minimum atomic E-state index is -0.603. The minimum Gasteiger partial charge on any atom is -0.303 e. The Morgan fingerprint density at radius 1 is 1.42 bits per heavy atom. The number of piperidine rings is 1. The fourth-order valence-corrected chi connectivity index (χ4v) is 1.95. The van der Waals surface area contributed by atoms with Gasteiger partial charge in [0, 0.05) is 0 Å². The fraction of sp³-hybridized carbons (Fsp3) is 1.00. The van der Waals surface area contributed by atoms with Crippen LogP contribution in [0.2, 0.25) is 0 Å². The number of hydrogen-bond donors (Lipinski definition) is 0. The number of halogens is 1. The predicted octanol–water partition coefficient (Wildman–Crippen LogP) is 2.47. The van der Waals surface area contributed by atoms with Gasteiger partial charge in [-0.05, 0) is 51.7 Å². The second-order valence-corrected chi connectivity index (χ2v) is 3.86. The van der Waals surface area contributed by atoms with Crippen LogP contribution in [0.15, 0.2) is 0 Å². The largest absolute Gasteiger partial charge is 0.303 e. The highest BCUT2D eigenvalue weighted by Crippen LogP contribution is 2.22. The molecule has 0 aromatic carbocycles. The van der Waals surface area contributed by atoms with Crippen LogP contribution >= 0.6 is 0 Å². The Labute approximate surface area is 74.9 Å². The van der Waals surface area contributed by atoms with Gasteiger partial charge in [0.1, 0.15) is 6.17 Å². The van der Waals surface area contributed by atoms with Gasteiger partial charge in [-0.15, -0.1) is 0 Å². The molecule has 0 bridgehead atoms. The molecular formula is C10H20FN. The molecule has 1 aliphatic heterocycles. The fourth-order valence-electron chi connectivity index (χ4n) is 1.95. The van der Waals surface area contributed by atoms with Gasteiger partial charge in [0.2, 0.25) is 0 Å². The van der Waals surface area contributed by atoms with Crippen LogP contribution in [0.25, 0.3) is 0 Å². The molecule has 0 amide bonds. The van der Waals surface area contributed by atoms with Gasteiger partial charge in [-0.3, -0.25) is 0 Å². The minimum absolute atomic E-state index is 0.332. The van der Waals surface area contributed by atoms with Crippen LogP contribution in [0.5, 0.6) is 0 Å². The van der Waals surface area contributed by atoms with Crippen LogP contribution in [-0.4, -0.2) is 30.7 Å². The van der Waals surface area contributed by atoms with E-state index >= 15 is 0 Å². The van der Waals surface area contributed by atoms with Gasteiger partial charge in [-0.25, -0.2) is 4.39 Å². The molecule has 12 heavy (non-hydrogen) atoms. The average Bonchev–Trinajstić information content (AvgIpc) is 2.06. The maximum absolute atomic E-state index is 12.9. The normalized spacial score (nSPS) is 24.2. The maximum atomic E-state index is 12.9. The molecule has 2 heteroatoms. The van der Waals surface area contributed by atoms with Crippen molar-refractivity contribution in [1.29, 1.82) is 0 Å². The molecule has 1 nitrogen and oxygen atoms in total. The molecular weight excluding hydrogens is 153 g/mol. The van der Waals surface area contributed by atoms with E-state index in [4.69, 9.17) is 0 Å². The number of alkyl halides is 1. The van der Waals surface area contributed by atoms with Crippen molar-refractivity contribution in [2.75, 3.05) is 19.6 Å². The van der Waals surface area contributed by atoms with E-state index < -0.39 is 6.17 Å². The molecule has 0 N–H and O–H groups in total. The standard InChI is InChI=1S/C10H20FN/c1-3-6-12-7-4-10(5-8-12)9(2)11/h9-10H,3-8H2,1-2H3. The molecule has 1 saturated heterocycles. The second kappa shape index (κ2) is 4.80. The van der Waals surface area contributed by atoms with Crippen LogP contribution in [-0.2, 0) is 0 Å². The zero-order valence-corrected chi connectivity index (χ0v) is 8.22. The Balaban J connectivity index is 2.20. The highest BCUT2D eigenvalue weighted by molar-refractivity contribution is 4.75. The summed E-state index contributed by atoms with van der Waals surface area (Å²) >= 11 is 0. The van der Waals surface area contributed by atoms with Gasteiger partial charge in [-0.1, -0.05) is 6.92 Å². The van der Waals surface area contributed by atoms with Crippen molar-refractivity contribution in [3.63, 3.8) is 0 Å².